The summed E-state index contributed by atoms with van der Waals surface area (Å²) in [5.74, 6) is -0.139. The zero-order valence-electron chi connectivity index (χ0n) is 25.4. The number of carbonyl (C=O) groups is 4. The van der Waals surface area contributed by atoms with E-state index in [0.29, 0.717) is 78.1 Å². The summed E-state index contributed by atoms with van der Waals surface area (Å²) in [4.78, 5) is 59.9. The van der Waals surface area contributed by atoms with Gasteiger partial charge in [0.1, 0.15) is 21.8 Å². The Morgan fingerprint density at radius 2 is 1.14 bits per heavy atom. The number of hydrogen-bond donors (Lipinski definition) is 0. The summed E-state index contributed by atoms with van der Waals surface area (Å²) in [6, 6.07) is 7.53. The summed E-state index contributed by atoms with van der Waals surface area (Å²) in [5.41, 5.74) is 3.63. The molecule has 8 nitrogen and oxygen atoms in total. The first kappa shape index (κ1) is 30.5. The van der Waals surface area contributed by atoms with Gasteiger partial charge in [0.05, 0.1) is 22.1 Å². The van der Waals surface area contributed by atoms with E-state index in [9.17, 15) is 19.2 Å². The lowest BCUT2D eigenvalue weighted by molar-refractivity contribution is -0.141. The molecule has 6 rings (SSSR count). The Morgan fingerprint density at radius 1 is 0.659 bits per heavy atom. The van der Waals surface area contributed by atoms with E-state index in [1.807, 2.05) is 6.92 Å². The van der Waals surface area contributed by atoms with Crippen molar-refractivity contribution in [3.8, 4) is 21.5 Å². The van der Waals surface area contributed by atoms with E-state index in [-0.39, 0.29) is 47.2 Å². The van der Waals surface area contributed by atoms with Gasteiger partial charge in [0, 0.05) is 11.8 Å². The maximum absolute atomic E-state index is 13.3. The normalized spacial score (nSPS) is 22.2. The van der Waals surface area contributed by atoms with Crippen molar-refractivity contribution >= 4 is 66.6 Å². The standard InChI is InChI=1S/C34H36N2O6S2/c1-17-15-18(2)28-27(16-17)43-31(35-28)32-36-29-25(41-33(39)23-9-5-21(6-10-23)19(3)37)13-14-26(30(29)44-32)42-34(40)24-11-7-22(8-12-24)20(4)38/h13-16,21-24H,5-12H2,1-4H3. The van der Waals surface area contributed by atoms with Crippen LogP contribution in [-0.2, 0) is 19.2 Å². The van der Waals surface area contributed by atoms with Crippen molar-refractivity contribution in [2.45, 2.75) is 79.1 Å². The second-order valence-corrected chi connectivity index (χ2v) is 14.4. The molecule has 0 N–H and O–H groups in total. The zero-order chi connectivity index (χ0) is 31.1. The van der Waals surface area contributed by atoms with Crippen LogP contribution in [0.3, 0.4) is 0 Å². The van der Waals surface area contributed by atoms with E-state index in [2.05, 4.69) is 19.1 Å². The van der Waals surface area contributed by atoms with Crippen molar-refractivity contribution < 1.29 is 28.7 Å². The third-order valence-corrected chi connectivity index (χ3v) is 11.4. The summed E-state index contributed by atoms with van der Waals surface area (Å²) in [5, 5.41) is 1.40. The van der Waals surface area contributed by atoms with Crippen LogP contribution in [0.5, 0.6) is 11.5 Å². The Balaban J connectivity index is 1.31. The molecule has 4 aromatic rings. The van der Waals surface area contributed by atoms with Gasteiger partial charge in [-0.1, -0.05) is 6.07 Å². The largest absolute Gasteiger partial charge is 0.425 e. The number of thiazole rings is 2. The van der Waals surface area contributed by atoms with Crippen LogP contribution < -0.4 is 9.47 Å². The van der Waals surface area contributed by atoms with E-state index in [1.54, 1.807) is 37.3 Å². The first-order valence-electron chi connectivity index (χ1n) is 15.3. The van der Waals surface area contributed by atoms with E-state index in [4.69, 9.17) is 19.4 Å². The predicted molar refractivity (Wildman–Crippen MR) is 171 cm³/mol. The fraction of sp³-hybridized carbons (Fsp3) is 0.471. The van der Waals surface area contributed by atoms with Crippen LogP contribution in [0.15, 0.2) is 24.3 Å². The average molecular weight is 633 g/mol. The highest BCUT2D eigenvalue weighted by Crippen LogP contribution is 2.44. The molecule has 44 heavy (non-hydrogen) atoms. The number of hydrogen-bond acceptors (Lipinski definition) is 10. The molecule has 0 radical (unpaired) electrons. The minimum atomic E-state index is -0.332. The number of fused-ring (bicyclic) bond motifs is 2. The highest BCUT2D eigenvalue weighted by Gasteiger charge is 2.32. The van der Waals surface area contributed by atoms with Crippen LogP contribution in [-0.4, -0.2) is 33.5 Å². The topological polar surface area (TPSA) is 113 Å². The molecular weight excluding hydrogens is 597 g/mol. The Hall–Kier alpha value is -3.50. The number of esters is 2. The number of benzene rings is 2. The monoisotopic (exact) mass is 632 g/mol. The zero-order valence-corrected chi connectivity index (χ0v) is 27.1. The van der Waals surface area contributed by atoms with Crippen molar-refractivity contribution in [1.29, 1.82) is 0 Å². The summed E-state index contributed by atoms with van der Waals surface area (Å²) >= 11 is 2.91. The van der Waals surface area contributed by atoms with Crippen LogP contribution in [0.25, 0.3) is 30.4 Å². The third-order valence-electron chi connectivity index (χ3n) is 9.18. The first-order valence-corrected chi connectivity index (χ1v) is 17.0. The molecular formula is C34H36N2O6S2. The third kappa shape index (κ3) is 6.19. The molecule has 2 aliphatic rings. The van der Waals surface area contributed by atoms with Gasteiger partial charge in [0.15, 0.2) is 21.5 Å². The lowest BCUT2D eigenvalue weighted by atomic mass is 9.80. The minimum absolute atomic E-state index is 0.0135. The van der Waals surface area contributed by atoms with Crippen molar-refractivity contribution in [2.24, 2.45) is 23.7 Å². The van der Waals surface area contributed by atoms with Crippen LogP contribution in [0.1, 0.15) is 76.3 Å². The Labute approximate surface area is 264 Å². The fourth-order valence-electron chi connectivity index (χ4n) is 6.53. The van der Waals surface area contributed by atoms with E-state index >= 15 is 0 Å². The smallest absolute Gasteiger partial charge is 0.314 e. The van der Waals surface area contributed by atoms with Gasteiger partial charge >= 0.3 is 11.9 Å². The maximum atomic E-state index is 13.3. The number of aryl methyl sites for hydroxylation is 2. The SMILES string of the molecule is CC(=O)C1CCC(C(=O)Oc2ccc(OC(=O)C3CCC(C(C)=O)CC3)c3sc(-c4nc5c(C)cc(C)cc5s4)nc23)CC1. The molecule has 0 amide bonds. The van der Waals surface area contributed by atoms with E-state index in [1.165, 1.54) is 11.3 Å². The molecule has 0 unspecified atom stereocenters. The van der Waals surface area contributed by atoms with Gasteiger partial charge < -0.3 is 9.47 Å². The van der Waals surface area contributed by atoms with E-state index < -0.39 is 0 Å². The second-order valence-electron chi connectivity index (χ2n) is 12.4. The molecule has 2 aliphatic carbocycles. The molecule has 2 aromatic carbocycles. The number of carbonyl (C=O) groups excluding carboxylic acids is 4. The van der Waals surface area contributed by atoms with Crippen LogP contribution >= 0.6 is 22.7 Å². The van der Waals surface area contributed by atoms with Crippen LogP contribution in [0.2, 0.25) is 0 Å². The van der Waals surface area contributed by atoms with Gasteiger partial charge in [-0.2, -0.15) is 0 Å². The Bertz CT molecular complexity index is 1690. The summed E-state index contributed by atoms with van der Waals surface area (Å²) in [7, 11) is 0. The van der Waals surface area contributed by atoms with Gasteiger partial charge in [-0.05, 0) is 108 Å². The second kappa shape index (κ2) is 12.5. The van der Waals surface area contributed by atoms with Gasteiger partial charge in [-0.15, -0.1) is 22.7 Å². The lowest BCUT2D eigenvalue weighted by Crippen LogP contribution is -2.28. The highest BCUT2D eigenvalue weighted by molar-refractivity contribution is 7.28. The molecule has 2 fully saturated rings. The van der Waals surface area contributed by atoms with Gasteiger partial charge in [-0.3, -0.25) is 19.2 Å². The molecule has 0 saturated heterocycles. The molecule has 2 heterocycles. The van der Waals surface area contributed by atoms with Gasteiger partial charge in [0.2, 0.25) is 0 Å². The average Bonchev–Trinajstić information content (AvgIpc) is 3.64. The van der Waals surface area contributed by atoms with Gasteiger partial charge in [-0.25, -0.2) is 9.97 Å². The lowest BCUT2D eigenvalue weighted by Gasteiger charge is -2.25. The van der Waals surface area contributed by atoms with Crippen molar-refractivity contribution in [3.05, 3.63) is 35.4 Å². The summed E-state index contributed by atoms with van der Waals surface area (Å²) in [6.45, 7) is 7.32. The quantitative estimate of drug-likeness (QED) is 0.150. The summed E-state index contributed by atoms with van der Waals surface area (Å²) < 4.78 is 13.6. The van der Waals surface area contributed by atoms with Crippen LogP contribution in [0.4, 0.5) is 0 Å². The highest BCUT2D eigenvalue weighted by atomic mass is 32.1. The van der Waals surface area contributed by atoms with Crippen LogP contribution in [0, 0.1) is 37.5 Å². The molecule has 0 bridgehead atoms. The first-order chi connectivity index (χ1) is 21.1. The van der Waals surface area contributed by atoms with Crippen molar-refractivity contribution in [1.82, 2.24) is 9.97 Å². The molecule has 0 aliphatic heterocycles. The molecule has 0 atom stereocenters. The van der Waals surface area contributed by atoms with E-state index in [0.717, 1.165) is 26.4 Å². The fourth-order valence-corrected chi connectivity index (χ4v) is 8.72. The Kier molecular flexibility index (Phi) is 8.66. The minimum Gasteiger partial charge on any atom is -0.425 e. The number of Topliss-reactive ketones (excluding diaryl/α,β-unsaturated/α-hetero) is 2. The molecule has 0 spiro atoms. The number of ketones is 2. The number of ether oxygens (including phenoxy) is 2. The number of rotatable bonds is 7. The number of aromatic nitrogens is 2. The molecule has 2 aromatic heterocycles. The van der Waals surface area contributed by atoms with Crippen molar-refractivity contribution in [3.63, 3.8) is 0 Å². The van der Waals surface area contributed by atoms with Crippen molar-refractivity contribution in [2.75, 3.05) is 0 Å². The molecule has 2 saturated carbocycles. The Morgan fingerprint density at radius 3 is 1.70 bits per heavy atom. The number of nitrogens with zero attached hydrogens (tertiary/aromatic N) is 2. The van der Waals surface area contributed by atoms with Gasteiger partial charge in [0.25, 0.3) is 0 Å². The molecule has 230 valence electrons. The maximum Gasteiger partial charge on any atom is 0.314 e. The molecule has 10 heteroatoms. The predicted octanol–water partition coefficient (Wildman–Crippen LogP) is 7.79. The summed E-state index contributed by atoms with van der Waals surface area (Å²) in [6.07, 6.45) is 5.21.